The Hall–Kier alpha value is -3.59. The van der Waals surface area contributed by atoms with Crippen LogP contribution in [0.2, 0.25) is 0 Å². The van der Waals surface area contributed by atoms with Gasteiger partial charge in [0.25, 0.3) is 5.91 Å². The summed E-state index contributed by atoms with van der Waals surface area (Å²) in [5.74, 6) is -0.945. The Morgan fingerprint density at radius 1 is 1.04 bits per heavy atom. The van der Waals surface area contributed by atoms with E-state index in [4.69, 9.17) is 5.26 Å². The van der Waals surface area contributed by atoms with E-state index in [0.29, 0.717) is 16.9 Å². The summed E-state index contributed by atoms with van der Waals surface area (Å²) in [6.45, 7) is 0. The van der Waals surface area contributed by atoms with E-state index >= 15 is 0 Å². The first-order valence-corrected chi connectivity index (χ1v) is 7.05. The molecule has 24 heavy (non-hydrogen) atoms. The minimum Gasteiger partial charge on any atom is -0.465 e. The first kappa shape index (κ1) is 16.8. The molecule has 0 saturated heterocycles. The molecule has 6 heteroatoms. The number of anilines is 2. The summed E-state index contributed by atoms with van der Waals surface area (Å²) in [4.78, 5) is 23.4. The van der Waals surface area contributed by atoms with E-state index in [9.17, 15) is 9.59 Å². The van der Waals surface area contributed by atoms with Crippen LogP contribution in [0, 0.1) is 11.3 Å². The maximum absolute atomic E-state index is 12.0. The average Bonchev–Trinajstić information content (AvgIpc) is 2.63. The van der Waals surface area contributed by atoms with Crippen molar-refractivity contribution in [3.05, 3.63) is 71.9 Å². The molecule has 0 aliphatic carbocycles. The summed E-state index contributed by atoms with van der Waals surface area (Å²) in [6, 6.07) is 17.2. The van der Waals surface area contributed by atoms with Crippen molar-refractivity contribution in [3.8, 4) is 6.07 Å². The van der Waals surface area contributed by atoms with Crippen LogP contribution in [0.1, 0.15) is 10.4 Å². The Labute approximate surface area is 139 Å². The van der Waals surface area contributed by atoms with Crippen LogP contribution in [0.5, 0.6) is 0 Å². The summed E-state index contributed by atoms with van der Waals surface area (Å²) in [5, 5.41) is 14.6. The molecule has 0 saturated carbocycles. The Balaban J connectivity index is 2.04. The number of ether oxygens (including phenoxy) is 1. The molecular formula is C18H15N3O3. The van der Waals surface area contributed by atoms with Gasteiger partial charge in [-0.05, 0) is 36.4 Å². The van der Waals surface area contributed by atoms with Gasteiger partial charge in [-0.3, -0.25) is 4.79 Å². The van der Waals surface area contributed by atoms with Gasteiger partial charge in [-0.25, -0.2) is 4.79 Å². The summed E-state index contributed by atoms with van der Waals surface area (Å²) in [5.41, 5.74) is 1.57. The van der Waals surface area contributed by atoms with Crippen LogP contribution in [-0.2, 0) is 9.53 Å². The molecule has 2 aromatic carbocycles. The molecule has 0 aliphatic heterocycles. The molecule has 2 N–H and O–H groups in total. The van der Waals surface area contributed by atoms with E-state index in [2.05, 4.69) is 15.4 Å². The van der Waals surface area contributed by atoms with Gasteiger partial charge in [-0.15, -0.1) is 0 Å². The van der Waals surface area contributed by atoms with Gasteiger partial charge in [-0.1, -0.05) is 18.2 Å². The van der Waals surface area contributed by atoms with E-state index in [0.717, 1.165) is 0 Å². The zero-order chi connectivity index (χ0) is 17.4. The maximum atomic E-state index is 12.0. The van der Waals surface area contributed by atoms with Gasteiger partial charge >= 0.3 is 5.97 Å². The van der Waals surface area contributed by atoms with Gasteiger partial charge < -0.3 is 15.4 Å². The fourth-order valence-electron chi connectivity index (χ4n) is 1.84. The van der Waals surface area contributed by atoms with E-state index < -0.39 is 11.9 Å². The third kappa shape index (κ3) is 4.45. The van der Waals surface area contributed by atoms with Crippen LogP contribution in [-0.4, -0.2) is 19.0 Å². The van der Waals surface area contributed by atoms with Gasteiger partial charge in [0.2, 0.25) is 0 Å². The Kier molecular flexibility index (Phi) is 5.70. The predicted molar refractivity (Wildman–Crippen MR) is 90.2 cm³/mol. The number of hydrogen-bond acceptors (Lipinski definition) is 5. The number of nitrogens with zero attached hydrogens (tertiary/aromatic N) is 1. The first-order chi connectivity index (χ1) is 11.6. The highest BCUT2D eigenvalue weighted by Crippen LogP contribution is 2.12. The summed E-state index contributed by atoms with van der Waals surface area (Å²) < 4.78 is 4.61. The molecule has 0 radical (unpaired) electrons. The number of carbonyl (C=O) groups excluding carboxylic acids is 2. The number of para-hydroxylation sites is 1. The SMILES string of the molecule is COC(=O)c1ccc(N/C=C(\C#N)C(=O)Nc2ccccc2)cc1. The van der Waals surface area contributed by atoms with Gasteiger partial charge in [-0.2, -0.15) is 5.26 Å². The lowest BCUT2D eigenvalue weighted by Crippen LogP contribution is -2.14. The van der Waals surface area contributed by atoms with Crippen molar-refractivity contribution in [1.82, 2.24) is 0 Å². The highest BCUT2D eigenvalue weighted by atomic mass is 16.5. The third-order valence-corrected chi connectivity index (χ3v) is 3.09. The van der Waals surface area contributed by atoms with Crippen LogP contribution in [0.4, 0.5) is 11.4 Å². The van der Waals surface area contributed by atoms with Crippen molar-refractivity contribution in [2.75, 3.05) is 17.7 Å². The summed E-state index contributed by atoms with van der Waals surface area (Å²) in [6.07, 6.45) is 1.31. The van der Waals surface area contributed by atoms with Crippen molar-refractivity contribution in [2.45, 2.75) is 0 Å². The maximum Gasteiger partial charge on any atom is 0.337 e. The molecule has 0 fully saturated rings. The van der Waals surface area contributed by atoms with E-state index in [-0.39, 0.29) is 5.57 Å². The smallest absolute Gasteiger partial charge is 0.337 e. The molecular weight excluding hydrogens is 306 g/mol. The van der Waals surface area contributed by atoms with Gasteiger partial charge in [0.15, 0.2) is 0 Å². The number of methoxy groups -OCH3 is 1. The number of nitriles is 1. The molecule has 0 aliphatic rings. The molecule has 2 rings (SSSR count). The fourth-order valence-corrected chi connectivity index (χ4v) is 1.84. The van der Waals surface area contributed by atoms with Crippen molar-refractivity contribution in [2.24, 2.45) is 0 Å². The number of esters is 1. The van der Waals surface area contributed by atoms with Crippen LogP contribution in [0.25, 0.3) is 0 Å². The van der Waals surface area contributed by atoms with Gasteiger partial charge in [0, 0.05) is 17.6 Å². The molecule has 2 aromatic rings. The van der Waals surface area contributed by atoms with Crippen molar-refractivity contribution >= 4 is 23.3 Å². The lowest BCUT2D eigenvalue weighted by atomic mass is 10.2. The summed E-state index contributed by atoms with van der Waals surface area (Å²) in [7, 11) is 1.31. The highest BCUT2D eigenvalue weighted by molar-refractivity contribution is 6.06. The fraction of sp³-hybridized carbons (Fsp3) is 0.0556. The third-order valence-electron chi connectivity index (χ3n) is 3.09. The van der Waals surface area contributed by atoms with Crippen LogP contribution < -0.4 is 10.6 Å². The largest absolute Gasteiger partial charge is 0.465 e. The zero-order valence-electron chi connectivity index (χ0n) is 12.9. The second kappa shape index (κ2) is 8.15. The van der Waals surface area contributed by atoms with E-state index in [1.165, 1.54) is 13.3 Å². The normalized spacial score (nSPS) is 10.4. The number of amides is 1. The monoisotopic (exact) mass is 321 g/mol. The Morgan fingerprint density at radius 3 is 2.29 bits per heavy atom. The molecule has 0 heterocycles. The molecule has 120 valence electrons. The Morgan fingerprint density at radius 2 is 1.71 bits per heavy atom. The second-order valence-electron chi connectivity index (χ2n) is 4.70. The minimum absolute atomic E-state index is 0.0732. The van der Waals surface area contributed by atoms with Crippen LogP contribution >= 0.6 is 0 Å². The predicted octanol–water partition coefficient (Wildman–Crippen LogP) is 2.93. The van der Waals surface area contributed by atoms with Crippen molar-refractivity contribution in [1.29, 1.82) is 5.26 Å². The molecule has 0 bridgehead atoms. The molecule has 0 unspecified atom stereocenters. The van der Waals surface area contributed by atoms with E-state index in [1.54, 1.807) is 48.5 Å². The summed E-state index contributed by atoms with van der Waals surface area (Å²) >= 11 is 0. The topological polar surface area (TPSA) is 91.2 Å². The quantitative estimate of drug-likeness (QED) is 0.502. The number of benzene rings is 2. The minimum atomic E-state index is -0.512. The van der Waals surface area contributed by atoms with Crippen molar-refractivity contribution in [3.63, 3.8) is 0 Å². The van der Waals surface area contributed by atoms with Crippen LogP contribution in [0.15, 0.2) is 66.4 Å². The first-order valence-electron chi connectivity index (χ1n) is 7.05. The Bertz CT molecular complexity index is 791. The molecule has 6 nitrogen and oxygen atoms in total. The zero-order valence-corrected chi connectivity index (χ0v) is 12.9. The lowest BCUT2D eigenvalue weighted by Gasteiger charge is -2.05. The average molecular weight is 321 g/mol. The van der Waals surface area contributed by atoms with Gasteiger partial charge in [0.05, 0.1) is 12.7 Å². The highest BCUT2D eigenvalue weighted by Gasteiger charge is 2.09. The number of rotatable bonds is 5. The second-order valence-corrected chi connectivity index (χ2v) is 4.70. The van der Waals surface area contributed by atoms with Gasteiger partial charge in [0.1, 0.15) is 11.6 Å². The number of nitrogens with one attached hydrogen (secondary N) is 2. The molecule has 0 aromatic heterocycles. The lowest BCUT2D eigenvalue weighted by molar-refractivity contribution is -0.112. The molecule has 0 atom stereocenters. The van der Waals surface area contributed by atoms with E-state index in [1.807, 2.05) is 12.1 Å². The number of carbonyl (C=O) groups is 2. The number of hydrogen-bond donors (Lipinski definition) is 2. The molecule has 1 amide bonds. The van der Waals surface area contributed by atoms with Crippen LogP contribution in [0.3, 0.4) is 0 Å². The van der Waals surface area contributed by atoms with Crippen molar-refractivity contribution < 1.29 is 14.3 Å². The molecule has 0 spiro atoms. The standard InChI is InChI=1S/C18H15N3O3/c1-24-18(23)13-7-9-15(10-8-13)20-12-14(11-19)17(22)21-16-5-3-2-4-6-16/h2-10,12,20H,1H3,(H,21,22)/b14-12+.